The van der Waals surface area contributed by atoms with Gasteiger partial charge in [-0.1, -0.05) is 15.9 Å². The van der Waals surface area contributed by atoms with Gasteiger partial charge >= 0.3 is 0 Å². The molecule has 2 atom stereocenters. The first kappa shape index (κ1) is 17.2. The molecular weight excluding hydrogens is 377 g/mol. The van der Waals surface area contributed by atoms with E-state index in [9.17, 15) is 17.6 Å². The van der Waals surface area contributed by atoms with Crippen LogP contribution in [0.3, 0.4) is 0 Å². The van der Waals surface area contributed by atoms with Crippen molar-refractivity contribution < 1.29 is 22.3 Å². The highest BCUT2D eigenvalue weighted by Crippen LogP contribution is 2.23. The molecule has 0 radical (unpaired) electrons. The van der Waals surface area contributed by atoms with E-state index in [1.807, 2.05) is 0 Å². The Morgan fingerprint density at radius 2 is 2.18 bits per heavy atom. The molecule has 1 heterocycles. The summed E-state index contributed by atoms with van der Waals surface area (Å²) in [5.74, 6) is -0.901. The van der Waals surface area contributed by atoms with Gasteiger partial charge in [0.2, 0.25) is 0 Å². The van der Waals surface area contributed by atoms with E-state index in [-0.39, 0.29) is 29.2 Å². The molecule has 1 aliphatic rings. The van der Waals surface area contributed by atoms with Crippen molar-refractivity contribution in [2.24, 2.45) is 0 Å². The average molecular weight is 394 g/mol. The van der Waals surface area contributed by atoms with Crippen LogP contribution in [0.15, 0.2) is 22.7 Å². The normalized spacial score (nSPS) is 21.4. The van der Waals surface area contributed by atoms with Crippen molar-refractivity contribution in [3.8, 4) is 5.75 Å². The van der Waals surface area contributed by atoms with Gasteiger partial charge < -0.3 is 9.64 Å². The van der Waals surface area contributed by atoms with Crippen molar-refractivity contribution >= 4 is 31.7 Å². The Kier molecular flexibility index (Phi) is 5.11. The molecule has 8 heteroatoms. The Bertz CT molecular complexity index is 679. The van der Waals surface area contributed by atoms with Gasteiger partial charge in [0.1, 0.15) is 0 Å². The molecule has 22 heavy (non-hydrogen) atoms. The van der Waals surface area contributed by atoms with Gasteiger partial charge in [0.15, 0.2) is 27.5 Å². The van der Waals surface area contributed by atoms with Crippen LogP contribution in [0.5, 0.6) is 5.75 Å². The topological polar surface area (TPSA) is 63.7 Å². The lowest BCUT2D eigenvalue weighted by molar-refractivity contribution is -0.138. The Balaban J connectivity index is 2.02. The van der Waals surface area contributed by atoms with Gasteiger partial charge in [0.25, 0.3) is 5.91 Å². The van der Waals surface area contributed by atoms with Gasteiger partial charge in [0.05, 0.1) is 11.5 Å². The molecule has 122 valence electrons. The van der Waals surface area contributed by atoms with Gasteiger partial charge in [0, 0.05) is 17.6 Å². The predicted octanol–water partition coefficient (Wildman–Crippen LogP) is 2.00. The number of ether oxygens (including phenoxy) is 1. The lowest BCUT2D eigenvalue weighted by Gasteiger charge is -2.26. The van der Waals surface area contributed by atoms with Crippen LogP contribution in [-0.2, 0) is 14.6 Å². The number of amides is 1. The molecule has 0 N–H and O–H groups in total. The van der Waals surface area contributed by atoms with Gasteiger partial charge in [-0.05, 0) is 31.5 Å². The van der Waals surface area contributed by atoms with E-state index in [4.69, 9.17) is 4.74 Å². The van der Waals surface area contributed by atoms with Crippen LogP contribution in [0.25, 0.3) is 0 Å². The minimum atomic E-state index is -3.07. The summed E-state index contributed by atoms with van der Waals surface area (Å²) in [6, 6.07) is 3.95. The molecule has 5 nitrogen and oxygen atoms in total. The Hall–Kier alpha value is -1.15. The molecule has 0 aromatic heterocycles. The van der Waals surface area contributed by atoms with Crippen LogP contribution in [0.4, 0.5) is 4.39 Å². The summed E-state index contributed by atoms with van der Waals surface area (Å²) in [6.45, 7) is 1.52. The molecule has 1 amide bonds. The summed E-state index contributed by atoms with van der Waals surface area (Å²) < 4.78 is 42.6. The largest absolute Gasteiger partial charge is 0.478 e. The third-order valence-corrected chi connectivity index (χ3v) is 5.89. The van der Waals surface area contributed by atoms with E-state index >= 15 is 0 Å². The van der Waals surface area contributed by atoms with Crippen LogP contribution < -0.4 is 4.74 Å². The summed E-state index contributed by atoms with van der Waals surface area (Å²) >= 11 is 3.14. The zero-order valence-corrected chi connectivity index (χ0v) is 14.7. The van der Waals surface area contributed by atoms with Gasteiger partial charge in [-0.2, -0.15) is 0 Å². The highest BCUT2D eigenvalue weighted by molar-refractivity contribution is 9.10. The van der Waals surface area contributed by atoms with Gasteiger partial charge in [-0.3, -0.25) is 4.79 Å². The number of hydrogen-bond acceptors (Lipinski definition) is 4. The van der Waals surface area contributed by atoms with Gasteiger partial charge in [-0.15, -0.1) is 0 Å². The van der Waals surface area contributed by atoms with Crippen LogP contribution in [0, 0.1) is 5.82 Å². The molecule has 1 aromatic rings. The molecule has 0 aliphatic carbocycles. The summed E-state index contributed by atoms with van der Waals surface area (Å²) in [4.78, 5) is 13.7. The highest BCUT2D eigenvalue weighted by Gasteiger charge is 2.34. The lowest BCUT2D eigenvalue weighted by atomic mass is 10.2. The molecule has 0 spiro atoms. The zero-order valence-electron chi connectivity index (χ0n) is 12.3. The lowest BCUT2D eigenvalue weighted by Crippen LogP contribution is -2.44. The zero-order chi connectivity index (χ0) is 16.5. The number of benzene rings is 1. The van der Waals surface area contributed by atoms with E-state index in [0.717, 1.165) is 0 Å². The summed E-state index contributed by atoms with van der Waals surface area (Å²) in [5.41, 5.74) is 0. The number of sulfone groups is 1. The van der Waals surface area contributed by atoms with Crippen LogP contribution in [0.1, 0.15) is 13.3 Å². The first-order chi connectivity index (χ1) is 10.2. The SMILES string of the molecule is C[C@@H](Oc1ccc(Br)cc1F)C(=O)N(C)[C@H]1CCS(=O)(=O)C1. The maximum Gasteiger partial charge on any atom is 0.263 e. The second-order valence-corrected chi connectivity index (χ2v) is 8.49. The maximum atomic E-state index is 13.7. The molecule has 1 aromatic carbocycles. The van der Waals surface area contributed by atoms with Gasteiger partial charge in [-0.25, -0.2) is 12.8 Å². The fourth-order valence-corrected chi connectivity index (χ4v) is 4.47. The Morgan fingerprint density at radius 3 is 2.73 bits per heavy atom. The van der Waals surface area contributed by atoms with Crippen molar-refractivity contribution in [1.82, 2.24) is 4.90 Å². The monoisotopic (exact) mass is 393 g/mol. The summed E-state index contributed by atoms with van der Waals surface area (Å²) in [5, 5.41) is 0. The second kappa shape index (κ2) is 6.54. The van der Waals surface area contributed by atoms with E-state index < -0.39 is 21.8 Å². The van der Waals surface area contributed by atoms with Crippen molar-refractivity contribution in [1.29, 1.82) is 0 Å². The maximum absolute atomic E-state index is 13.7. The third kappa shape index (κ3) is 3.98. The second-order valence-electron chi connectivity index (χ2n) is 5.34. The average Bonchev–Trinajstić information content (AvgIpc) is 2.80. The molecule has 1 saturated heterocycles. The van der Waals surface area contributed by atoms with Crippen LogP contribution in [0.2, 0.25) is 0 Å². The molecule has 0 saturated carbocycles. The Morgan fingerprint density at radius 1 is 1.50 bits per heavy atom. The number of carbonyl (C=O) groups is 1. The van der Waals surface area contributed by atoms with E-state index in [0.29, 0.717) is 10.9 Å². The number of rotatable bonds is 4. The first-order valence-corrected chi connectivity index (χ1v) is 9.40. The number of nitrogens with zero attached hydrogens (tertiary/aromatic N) is 1. The van der Waals surface area contributed by atoms with E-state index in [1.165, 1.54) is 24.0 Å². The standard InChI is InChI=1S/C14H17BrFNO4S/c1-9(21-13-4-3-10(15)7-12(13)16)14(18)17(2)11-5-6-22(19,20)8-11/h3-4,7,9,11H,5-6,8H2,1-2H3/t9-,11+/m1/s1. The number of likely N-dealkylation sites (N-methyl/N-ethyl adjacent to an activating group) is 1. The van der Waals surface area contributed by atoms with Crippen LogP contribution in [-0.4, -0.2) is 49.9 Å². The summed E-state index contributed by atoms with van der Waals surface area (Å²) in [7, 11) is -1.52. The Labute approximate surface area is 137 Å². The molecule has 2 rings (SSSR count). The van der Waals surface area contributed by atoms with Crippen molar-refractivity contribution in [2.75, 3.05) is 18.6 Å². The molecule has 1 aliphatic heterocycles. The number of hydrogen-bond donors (Lipinski definition) is 0. The highest BCUT2D eigenvalue weighted by atomic mass is 79.9. The van der Waals surface area contributed by atoms with E-state index in [2.05, 4.69) is 15.9 Å². The number of halogens is 2. The first-order valence-electron chi connectivity index (χ1n) is 6.78. The smallest absolute Gasteiger partial charge is 0.263 e. The van der Waals surface area contributed by atoms with Crippen LogP contribution >= 0.6 is 15.9 Å². The molecular formula is C14H17BrFNO4S. The van der Waals surface area contributed by atoms with E-state index in [1.54, 1.807) is 13.1 Å². The predicted molar refractivity (Wildman–Crippen MR) is 84.0 cm³/mol. The fourth-order valence-electron chi connectivity index (χ4n) is 2.36. The molecule has 1 fully saturated rings. The fraction of sp³-hybridized carbons (Fsp3) is 0.500. The quantitative estimate of drug-likeness (QED) is 0.784. The van der Waals surface area contributed by atoms with Crippen molar-refractivity contribution in [2.45, 2.75) is 25.5 Å². The summed E-state index contributed by atoms with van der Waals surface area (Å²) in [6.07, 6.45) is -0.479. The van der Waals surface area contributed by atoms with Crippen molar-refractivity contribution in [3.63, 3.8) is 0 Å². The minimum Gasteiger partial charge on any atom is -0.478 e. The number of carbonyl (C=O) groups excluding carboxylic acids is 1. The molecule has 0 unspecified atom stereocenters. The van der Waals surface area contributed by atoms with Crippen molar-refractivity contribution in [3.05, 3.63) is 28.5 Å². The minimum absolute atomic E-state index is 0.0171. The molecule has 0 bridgehead atoms. The third-order valence-electron chi connectivity index (χ3n) is 3.65.